The van der Waals surface area contributed by atoms with Gasteiger partial charge in [0, 0.05) is 25.3 Å². The van der Waals surface area contributed by atoms with Gasteiger partial charge in [-0.1, -0.05) is 28.9 Å². The summed E-state index contributed by atoms with van der Waals surface area (Å²) >= 11 is 6.21. The van der Waals surface area contributed by atoms with E-state index in [2.05, 4.69) is 20.4 Å². The lowest BCUT2D eigenvalue weighted by Gasteiger charge is -2.31. The van der Waals surface area contributed by atoms with Gasteiger partial charge in [0.05, 0.1) is 23.6 Å². The fourth-order valence-corrected chi connectivity index (χ4v) is 4.06. The first-order valence-electron chi connectivity index (χ1n) is 9.88. The first-order chi connectivity index (χ1) is 13.7. The molecule has 2 fully saturated rings. The molecule has 3 heterocycles. The first-order valence-corrected chi connectivity index (χ1v) is 10.3. The number of carbonyl (C=O) groups excluding carboxylic acids is 1. The van der Waals surface area contributed by atoms with E-state index < -0.39 is 0 Å². The zero-order valence-electron chi connectivity index (χ0n) is 15.8. The van der Waals surface area contributed by atoms with Crippen molar-refractivity contribution in [1.82, 2.24) is 20.4 Å². The Morgan fingerprint density at radius 3 is 3.00 bits per heavy atom. The van der Waals surface area contributed by atoms with Crippen LogP contribution in [0.2, 0.25) is 5.02 Å². The highest BCUT2D eigenvalue weighted by atomic mass is 35.5. The molecule has 2 atom stereocenters. The third kappa shape index (κ3) is 4.71. The Bertz CT molecular complexity index is 806. The minimum Gasteiger partial charge on any atom is -0.376 e. The van der Waals surface area contributed by atoms with Crippen LogP contribution in [0.3, 0.4) is 0 Å². The second-order valence-corrected chi connectivity index (χ2v) is 7.85. The van der Waals surface area contributed by atoms with Crippen molar-refractivity contribution < 1.29 is 14.1 Å². The molecule has 2 aliphatic heterocycles. The molecular formula is C20H25ClN4O3. The van der Waals surface area contributed by atoms with Gasteiger partial charge in [-0.3, -0.25) is 9.69 Å². The number of nitrogens with zero attached hydrogens (tertiary/aromatic N) is 3. The lowest BCUT2D eigenvalue weighted by molar-refractivity contribution is -0.127. The molecule has 8 heteroatoms. The van der Waals surface area contributed by atoms with Crippen molar-refractivity contribution in [2.24, 2.45) is 5.92 Å². The van der Waals surface area contributed by atoms with E-state index in [4.69, 9.17) is 20.9 Å². The van der Waals surface area contributed by atoms with E-state index >= 15 is 0 Å². The number of hydrogen-bond acceptors (Lipinski definition) is 6. The number of rotatable bonds is 6. The van der Waals surface area contributed by atoms with Gasteiger partial charge in [0.15, 0.2) is 0 Å². The molecule has 1 amide bonds. The molecule has 0 bridgehead atoms. The topological polar surface area (TPSA) is 80.5 Å². The Morgan fingerprint density at radius 2 is 2.18 bits per heavy atom. The number of aromatic nitrogens is 2. The van der Waals surface area contributed by atoms with Crippen molar-refractivity contribution in [2.45, 2.75) is 38.3 Å². The van der Waals surface area contributed by atoms with Crippen LogP contribution in [-0.2, 0) is 16.1 Å². The first kappa shape index (κ1) is 19.4. The Labute approximate surface area is 169 Å². The van der Waals surface area contributed by atoms with Gasteiger partial charge in [0.2, 0.25) is 17.6 Å². The molecule has 1 N–H and O–H groups in total. The molecule has 2 saturated heterocycles. The fraction of sp³-hybridized carbons (Fsp3) is 0.550. The van der Waals surface area contributed by atoms with Crippen LogP contribution in [0, 0.1) is 5.92 Å². The molecule has 1 aromatic heterocycles. The number of likely N-dealkylation sites (tertiary alicyclic amines) is 1. The SMILES string of the molecule is O=C(NCC1CCCO1)C1CCCN(Cc2nc(-c3ccccc3Cl)no2)C1. The predicted molar refractivity (Wildman–Crippen MR) is 105 cm³/mol. The molecule has 0 aliphatic carbocycles. The van der Waals surface area contributed by atoms with Crippen LogP contribution in [0.4, 0.5) is 0 Å². The molecule has 2 unspecified atom stereocenters. The third-order valence-electron chi connectivity index (χ3n) is 5.35. The summed E-state index contributed by atoms with van der Waals surface area (Å²) in [6.45, 7) is 3.56. The summed E-state index contributed by atoms with van der Waals surface area (Å²) in [6, 6.07) is 7.43. The Morgan fingerprint density at radius 1 is 1.29 bits per heavy atom. The van der Waals surface area contributed by atoms with Crippen molar-refractivity contribution in [3.05, 3.63) is 35.2 Å². The van der Waals surface area contributed by atoms with Crippen LogP contribution in [0.25, 0.3) is 11.4 Å². The molecular weight excluding hydrogens is 380 g/mol. The summed E-state index contributed by atoms with van der Waals surface area (Å²) in [6.07, 6.45) is 4.16. The van der Waals surface area contributed by atoms with E-state index in [-0.39, 0.29) is 17.9 Å². The van der Waals surface area contributed by atoms with Crippen LogP contribution in [0.15, 0.2) is 28.8 Å². The normalized spacial score (nSPS) is 23.0. The Balaban J connectivity index is 1.31. The molecule has 2 aromatic rings. The van der Waals surface area contributed by atoms with E-state index in [1.165, 1.54) is 0 Å². The maximum atomic E-state index is 12.5. The van der Waals surface area contributed by atoms with Crippen molar-refractivity contribution >= 4 is 17.5 Å². The summed E-state index contributed by atoms with van der Waals surface area (Å²) < 4.78 is 11.0. The quantitative estimate of drug-likeness (QED) is 0.797. The van der Waals surface area contributed by atoms with Gasteiger partial charge in [-0.25, -0.2) is 0 Å². The molecule has 28 heavy (non-hydrogen) atoms. The van der Waals surface area contributed by atoms with Crippen molar-refractivity contribution in [3.8, 4) is 11.4 Å². The van der Waals surface area contributed by atoms with Gasteiger partial charge >= 0.3 is 0 Å². The monoisotopic (exact) mass is 404 g/mol. The number of ether oxygens (including phenoxy) is 1. The number of carbonyl (C=O) groups is 1. The van der Waals surface area contributed by atoms with Crippen LogP contribution in [0.1, 0.15) is 31.6 Å². The van der Waals surface area contributed by atoms with E-state index in [0.29, 0.717) is 36.4 Å². The number of benzene rings is 1. The molecule has 0 radical (unpaired) electrons. The van der Waals surface area contributed by atoms with E-state index in [1.54, 1.807) is 6.07 Å². The summed E-state index contributed by atoms with van der Waals surface area (Å²) in [5.41, 5.74) is 0.754. The van der Waals surface area contributed by atoms with Gasteiger partial charge in [0.25, 0.3) is 0 Å². The van der Waals surface area contributed by atoms with E-state index in [1.807, 2.05) is 18.2 Å². The van der Waals surface area contributed by atoms with Crippen molar-refractivity contribution in [2.75, 3.05) is 26.2 Å². The summed E-state index contributed by atoms with van der Waals surface area (Å²) in [5.74, 6) is 1.13. The van der Waals surface area contributed by atoms with Gasteiger partial charge in [0.1, 0.15) is 0 Å². The second-order valence-electron chi connectivity index (χ2n) is 7.45. The molecule has 1 aromatic carbocycles. The minimum atomic E-state index is -0.0129. The van der Waals surface area contributed by atoms with Gasteiger partial charge in [-0.05, 0) is 44.4 Å². The van der Waals surface area contributed by atoms with Gasteiger partial charge < -0.3 is 14.6 Å². The number of halogens is 1. The van der Waals surface area contributed by atoms with Crippen LogP contribution in [0.5, 0.6) is 0 Å². The highest BCUT2D eigenvalue weighted by molar-refractivity contribution is 6.33. The summed E-state index contributed by atoms with van der Waals surface area (Å²) in [5, 5.41) is 7.70. The smallest absolute Gasteiger partial charge is 0.241 e. The lowest BCUT2D eigenvalue weighted by atomic mass is 9.97. The number of amides is 1. The molecule has 0 saturated carbocycles. The molecule has 7 nitrogen and oxygen atoms in total. The third-order valence-corrected chi connectivity index (χ3v) is 5.68. The standard InChI is InChI=1S/C20H25ClN4O3/c21-17-8-2-1-7-16(17)19-23-18(28-24-19)13-25-9-3-5-14(12-25)20(26)22-11-15-6-4-10-27-15/h1-2,7-8,14-15H,3-6,9-13H2,(H,22,26). The van der Waals surface area contributed by atoms with Gasteiger partial charge in [-0.15, -0.1) is 0 Å². The average Bonchev–Trinajstić information content (AvgIpc) is 3.39. The van der Waals surface area contributed by atoms with E-state index in [9.17, 15) is 4.79 Å². The number of piperidine rings is 1. The maximum Gasteiger partial charge on any atom is 0.241 e. The molecule has 2 aliphatic rings. The lowest BCUT2D eigenvalue weighted by Crippen LogP contribution is -2.44. The predicted octanol–water partition coefficient (Wildman–Crippen LogP) is 2.90. The highest BCUT2D eigenvalue weighted by Crippen LogP contribution is 2.25. The summed E-state index contributed by atoms with van der Waals surface area (Å²) in [4.78, 5) is 19.2. The summed E-state index contributed by atoms with van der Waals surface area (Å²) in [7, 11) is 0. The molecule has 150 valence electrons. The highest BCUT2D eigenvalue weighted by Gasteiger charge is 2.27. The fourth-order valence-electron chi connectivity index (χ4n) is 3.84. The number of nitrogens with one attached hydrogen (secondary N) is 1. The number of hydrogen-bond donors (Lipinski definition) is 1. The van der Waals surface area contributed by atoms with Crippen LogP contribution >= 0.6 is 11.6 Å². The zero-order chi connectivity index (χ0) is 19.3. The second kappa shape index (κ2) is 9.03. The Hall–Kier alpha value is -1.96. The maximum absolute atomic E-state index is 12.5. The molecule has 4 rings (SSSR count). The van der Waals surface area contributed by atoms with Crippen LogP contribution < -0.4 is 5.32 Å². The minimum absolute atomic E-state index is 0.0129. The zero-order valence-corrected chi connectivity index (χ0v) is 16.5. The van der Waals surface area contributed by atoms with Gasteiger partial charge in [-0.2, -0.15) is 4.98 Å². The van der Waals surface area contributed by atoms with Crippen LogP contribution in [-0.4, -0.2) is 53.3 Å². The largest absolute Gasteiger partial charge is 0.376 e. The van der Waals surface area contributed by atoms with E-state index in [0.717, 1.165) is 44.4 Å². The molecule has 0 spiro atoms. The average molecular weight is 405 g/mol. The van der Waals surface area contributed by atoms with Crippen molar-refractivity contribution in [1.29, 1.82) is 0 Å². The van der Waals surface area contributed by atoms with Crippen molar-refractivity contribution in [3.63, 3.8) is 0 Å². The Kier molecular flexibility index (Phi) is 6.24.